The van der Waals surface area contributed by atoms with Crippen molar-refractivity contribution >= 4 is 76.2 Å². The van der Waals surface area contributed by atoms with Crippen LogP contribution in [0.3, 0.4) is 0 Å². The molecule has 14 aromatic rings. The van der Waals surface area contributed by atoms with Crippen LogP contribution in [0.1, 0.15) is 0 Å². The largest absolute Gasteiger partial charge is 0.456 e. The van der Waals surface area contributed by atoms with Gasteiger partial charge in [0.2, 0.25) is 0 Å². The third kappa shape index (κ3) is 6.30. The van der Waals surface area contributed by atoms with E-state index in [0.29, 0.717) is 5.82 Å². The zero-order chi connectivity index (χ0) is 44.7. The Labute approximate surface area is 391 Å². The van der Waals surface area contributed by atoms with Crippen molar-refractivity contribution in [2.75, 3.05) is 0 Å². The zero-order valence-electron chi connectivity index (χ0n) is 36.7. The van der Waals surface area contributed by atoms with Gasteiger partial charge in [-0.05, 0) is 114 Å². The maximum Gasteiger partial charge on any atom is 0.160 e. The molecule has 0 aliphatic rings. The molecule has 0 saturated carbocycles. The summed E-state index contributed by atoms with van der Waals surface area (Å²) in [6.45, 7) is 0. The number of hydrogen-bond donors (Lipinski definition) is 0. The highest BCUT2D eigenvalue weighted by molar-refractivity contribution is 6.20. The maximum absolute atomic E-state index is 6.13. The molecule has 0 unspecified atom stereocenters. The van der Waals surface area contributed by atoms with Gasteiger partial charge in [0.1, 0.15) is 22.3 Å². The first-order valence-corrected chi connectivity index (χ1v) is 23.0. The van der Waals surface area contributed by atoms with Gasteiger partial charge < -0.3 is 8.83 Å². The molecule has 316 valence electrons. The van der Waals surface area contributed by atoms with E-state index in [1.54, 1.807) is 0 Å². The van der Waals surface area contributed by atoms with Gasteiger partial charge in [-0.1, -0.05) is 182 Å². The SMILES string of the molecule is c1ccc2c(-c3ccc(-c4cc(-c5ccc(-c6ccc7oc8ccccc8c7c6)cc5)nc(-c5ccc(-c6ccc7oc8ccccc8c7c6)cc5)n4)cc3)c3ccc4ccccc4c3cc2c1. The minimum atomic E-state index is 0.665. The Morgan fingerprint density at radius 1 is 0.235 bits per heavy atom. The second-order valence-corrected chi connectivity index (χ2v) is 17.7. The predicted octanol–water partition coefficient (Wildman–Crippen LogP) is 17.7. The number of fused-ring (bicyclic) bond motifs is 10. The molecule has 0 fully saturated rings. The summed E-state index contributed by atoms with van der Waals surface area (Å²) in [7, 11) is 0. The Hall–Kier alpha value is -9.12. The van der Waals surface area contributed by atoms with Crippen molar-refractivity contribution in [3.63, 3.8) is 0 Å². The number of hydrogen-bond acceptors (Lipinski definition) is 4. The molecular formula is C64H38N2O2. The fourth-order valence-electron chi connectivity index (χ4n) is 10.3. The molecule has 0 radical (unpaired) electrons. The Balaban J connectivity index is 0.867. The molecule has 4 nitrogen and oxygen atoms in total. The second-order valence-electron chi connectivity index (χ2n) is 17.7. The van der Waals surface area contributed by atoms with E-state index < -0.39 is 0 Å². The van der Waals surface area contributed by atoms with Crippen LogP contribution < -0.4 is 0 Å². The molecule has 0 saturated heterocycles. The van der Waals surface area contributed by atoms with Gasteiger partial charge in [0.25, 0.3) is 0 Å². The molecule has 0 bridgehead atoms. The van der Waals surface area contributed by atoms with Gasteiger partial charge in [-0.25, -0.2) is 9.97 Å². The van der Waals surface area contributed by atoms with E-state index in [2.05, 4.69) is 206 Å². The smallest absolute Gasteiger partial charge is 0.160 e. The minimum absolute atomic E-state index is 0.665. The third-order valence-corrected chi connectivity index (χ3v) is 13.7. The third-order valence-electron chi connectivity index (χ3n) is 13.7. The monoisotopic (exact) mass is 866 g/mol. The fraction of sp³-hybridized carbons (Fsp3) is 0. The summed E-state index contributed by atoms with van der Waals surface area (Å²) in [5, 5.41) is 11.9. The first-order valence-electron chi connectivity index (χ1n) is 23.0. The van der Waals surface area contributed by atoms with E-state index in [0.717, 1.165) is 99.8 Å². The van der Waals surface area contributed by atoms with Gasteiger partial charge in [-0.3, -0.25) is 0 Å². The Morgan fingerprint density at radius 2 is 0.676 bits per heavy atom. The molecule has 0 amide bonds. The molecule has 0 spiro atoms. The van der Waals surface area contributed by atoms with Crippen molar-refractivity contribution in [1.29, 1.82) is 0 Å². The van der Waals surface area contributed by atoms with E-state index in [4.69, 9.17) is 18.8 Å². The normalized spacial score (nSPS) is 11.8. The maximum atomic E-state index is 6.13. The van der Waals surface area contributed by atoms with Gasteiger partial charge in [0.15, 0.2) is 5.82 Å². The lowest BCUT2D eigenvalue weighted by Crippen LogP contribution is -1.96. The topological polar surface area (TPSA) is 52.1 Å². The summed E-state index contributed by atoms with van der Waals surface area (Å²) in [5.74, 6) is 0.665. The lowest BCUT2D eigenvalue weighted by atomic mass is 9.89. The van der Waals surface area contributed by atoms with Crippen molar-refractivity contribution in [3.05, 3.63) is 231 Å². The van der Waals surface area contributed by atoms with Crippen LogP contribution in [0.25, 0.3) is 143 Å². The summed E-state index contributed by atoms with van der Waals surface area (Å²) in [6, 6.07) is 81.8. The highest BCUT2D eigenvalue weighted by Gasteiger charge is 2.16. The van der Waals surface area contributed by atoms with Crippen LogP contribution in [0.4, 0.5) is 0 Å². The van der Waals surface area contributed by atoms with Crippen molar-refractivity contribution in [2.24, 2.45) is 0 Å². The molecule has 3 aromatic heterocycles. The average molecular weight is 867 g/mol. The van der Waals surface area contributed by atoms with E-state index >= 15 is 0 Å². The number of rotatable bonds is 6. The number of nitrogens with zero attached hydrogens (tertiary/aromatic N) is 2. The molecule has 0 atom stereocenters. The summed E-state index contributed by atoms with van der Waals surface area (Å²) in [6.07, 6.45) is 0. The highest BCUT2D eigenvalue weighted by atomic mass is 16.3. The fourth-order valence-corrected chi connectivity index (χ4v) is 10.3. The van der Waals surface area contributed by atoms with Crippen LogP contribution >= 0.6 is 0 Å². The van der Waals surface area contributed by atoms with E-state index in [-0.39, 0.29) is 0 Å². The molecule has 14 rings (SSSR count). The number of furan rings is 2. The Morgan fingerprint density at radius 3 is 1.26 bits per heavy atom. The first kappa shape index (κ1) is 38.2. The Bertz CT molecular complexity index is 4120. The summed E-state index contributed by atoms with van der Waals surface area (Å²) < 4.78 is 12.3. The van der Waals surface area contributed by atoms with Gasteiger partial charge in [0.05, 0.1) is 11.4 Å². The van der Waals surface area contributed by atoms with E-state index in [1.165, 1.54) is 37.9 Å². The van der Waals surface area contributed by atoms with E-state index in [9.17, 15) is 0 Å². The van der Waals surface area contributed by atoms with E-state index in [1.807, 2.05) is 24.3 Å². The van der Waals surface area contributed by atoms with Crippen LogP contribution in [0.2, 0.25) is 0 Å². The number of para-hydroxylation sites is 2. The molecule has 0 aliphatic carbocycles. The van der Waals surface area contributed by atoms with Crippen LogP contribution in [0, 0.1) is 0 Å². The van der Waals surface area contributed by atoms with Crippen LogP contribution in [0.15, 0.2) is 239 Å². The van der Waals surface area contributed by atoms with Crippen LogP contribution in [-0.2, 0) is 0 Å². The van der Waals surface area contributed by atoms with Gasteiger partial charge in [-0.15, -0.1) is 0 Å². The van der Waals surface area contributed by atoms with Gasteiger partial charge in [0, 0.05) is 38.2 Å². The zero-order valence-corrected chi connectivity index (χ0v) is 36.7. The molecule has 3 heterocycles. The number of benzene rings is 11. The first-order chi connectivity index (χ1) is 33.6. The summed E-state index contributed by atoms with van der Waals surface area (Å²) >= 11 is 0. The van der Waals surface area contributed by atoms with Crippen molar-refractivity contribution < 1.29 is 8.83 Å². The summed E-state index contributed by atoms with van der Waals surface area (Å²) in [5.41, 5.74) is 15.1. The standard InChI is InChI=1S/C64H38N2O2/c1-3-11-49-41(9-1)29-32-53-54(49)37-48-10-2-4-12-50(48)63(53)44-25-23-43(24-26-44)58-38-57(42-21-17-39(18-22-42)46-30-33-61-55(35-46)51-13-5-7-15-59(51)67-61)65-64(66-58)45-27-19-40(20-28-45)47-31-34-62-56(36-47)52-14-6-8-16-60(52)68-62/h1-38H. The quantitative estimate of drug-likeness (QED) is 0.123. The molecule has 68 heavy (non-hydrogen) atoms. The highest BCUT2D eigenvalue weighted by Crippen LogP contribution is 2.41. The van der Waals surface area contributed by atoms with Crippen molar-refractivity contribution in [1.82, 2.24) is 9.97 Å². The second kappa shape index (κ2) is 15.2. The number of aromatic nitrogens is 2. The molecule has 0 aliphatic heterocycles. The van der Waals surface area contributed by atoms with Crippen LogP contribution in [-0.4, -0.2) is 9.97 Å². The van der Waals surface area contributed by atoms with Gasteiger partial charge >= 0.3 is 0 Å². The minimum Gasteiger partial charge on any atom is -0.456 e. The van der Waals surface area contributed by atoms with Crippen molar-refractivity contribution in [3.8, 4) is 67.3 Å². The average Bonchev–Trinajstić information content (AvgIpc) is 3.98. The Kier molecular flexibility index (Phi) is 8.55. The van der Waals surface area contributed by atoms with Gasteiger partial charge in [-0.2, -0.15) is 0 Å². The lowest BCUT2D eigenvalue weighted by Gasteiger charge is -2.15. The van der Waals surface area contributed by atoms with Crippen molar-refractivity contribution in [2.45, 2.75) is 0 Å². The molecule has 11 aromatic carbocycles. The summed E-state index contributed by atoms with van der Waals surface area (Å²) in [4.78, 5) is 10.6. The molecule has 0 N–H and O–H groups in total. The predicted molar refractivity (Wildman–Crippen MR) is 282 cm³/mol. The molecule has 4 heteroatoms. The molecular weight excluding hydrogens is 829 g/mol. The lowest BCUT2D eigenvalue weighted by molar-refractivity contribution is 0.668. The van der Waals surface area contributed by atoms with Crippen LogP contribution in [0.5, 0.6) is 0 Å².